The number of imidazole rings is 1. The summed E-state index contributed by atoms with van der Waals surface area (Å²) in [7, 11) is 0. The van der Waals surface area contributed by atoms with Crippen LogP contribution >= 0.6 is 0 Å². The van der Waals surface area contributed by atoms with Crippen molar-refractivity contribution in [1.82, 2.24) is 9.55 Å². The Morgan fingerprint density at radius 3 is 2.93 bits per heavy atom. The minimum atomic E-state index is -0.198. The molecule has 2 amide bonds. The van der Waals surface area contributed by atoms with Crippen molar-refractivity contribution in [3.63, 3.8) is 0 Å². The Kier molecular flexibility index (Phi) is 4.27. The molecule has 0 radical (unpaired) electrons. The number of anilines is 2. The number of nitrogens with zero attached hydrogens (tertiary/aromatic N) is 2. The lowest BCUT2D eigenvalue weighted by Crippen LogP contribution is -2.30. The van der Waals surface area contributed by atoms with Crippen LogP contribution in [-0.2, 0) is 22.6 Å². The maximum absolute atomic E-state index is 12.8. The van der Waals surface area contributed by atoms with E-state index in [0.717, 1.165) is 30.0 Å². The van der Waals surface area contributed by atoms with E-state index >= 15 is 0 Å². The zero-order chi connectivity index (χ0) is 19.8. The zero-order valence-corrected chi connectivity index (χ0v) is 15.7. The molecular formula is C22H20N4O3. The fourth-order valence-corrected chi connectivity index (χ4v) is 3.91. The molecule has 7 nitrogen and oxygen atoms in total. The summed E-state index contributed by atoms with van der Waals surface area (Å²) in [4.78, 5) is 28.9. The standard InChI is InChI=1S/C22H20N4O3/c27-20-13-29-19-7-6-16(11-18(19)25-20)24-22(28)15-8-9-26-17(10-15)12-23-21(26)14-4-2-1-3-5-14/h1-7,11-12,15H,8-10,13H2,(H,24,28)(H,25,27)/t15-/m0/s1. The van der Waals surface area contributed by atoms with Crippen molar-refractivity contribution >= 4 is 23.2 Å². The number of benzene rings is 2. The van der Waals surface area contributed by atoms with E-state index in [1.807, 2.05) is 36.5 Å². The summed E-state index contributed by atoms with van der Waals surface area (Å²) in [6, 6.07) is 15.4. The van der Waals surface area contributed by atoms with Crippen LogP contribution in [-0.4, -0.2) is 28.0 Å². The molecule has 1 aromatic heterocycles. The van der Waals surface area contributed by atoms with E-state index in [2.05, 4.69) is 20.2 Å². The number of aromatic nitrogens is 2. The molecule has 0 fully saturated rings. The first kappa shape index (κ1) is 17.5. The van der Waals surface area contributed by atoms with Crippen LogP contribution in [0.4, 0.5) is 11.4 Å². The van der Waals surface area contributed by atoms with E-state index < -0.39 is 0 Å². The van der Waals surface area contributed by atoms with Crippen LogP contribution in [0, 0.1) is 5.92 Å². The predicted octanol–water partition coefficient (Wildman–Crippen LogP) is 3.08. The molecule has 2 aromatic carbocycles. The first-order valence-electron chi connectivity index (χ1n) is 9.65. The van der Waals surface area contributed by atoms with Crippen molar-refractivity contribution in [2.45, 2.75) is 19.4 Å². The second-order valence-electron chi connectivity index (χ2n) is 7.32. The van der Waals surface area contributed by atoms with Gasteiger partial charge in [0, 0.05) is 42.0 Å². The number of carbonyl (C=O) groups is 2. The first-order valence-corrected chi connectivity index (χ1v) is 9.65. The summed E-state index contributed by atoms with van der Waals surface area (Å²) in [6.07, 6.45) is 3.27. The van der Waals surface area contributed by atoms with Gasteiger partial charge in [-0.15, -0.1) is 0 Å². The summed E-state index contributed by atoms with van der Waals surface area (Å²) in [6.45, 7) is 0.769. The number of rotatable bonds is 3. The maximum atomic E-state index is 12.8. The van der Waals surface area contributed by atoms with Gasteiger partial charge in [-0.3, -0.25) is 9.59 Å². The highest BCUT2D eigenvalue weighted by atomic mass is 16.5. The Bertz CT molecular complexity index is 1090. The maximum Gasteiger partial charge on any atom is 0.262 e. The van der Waals surface area contributed by atoms with Crippen molar-refractivity contribution in [2.75, 3.05) is 17.2 Å². The molecule has 0 spiro atoms. The number of nitrogens with one attached hydrogen (secondary N) is 2. The predicted molar refractivity (Wildman–Crippen MR) is 109 cm³/mol. The smallest absolute Gasteiger partial charge is 0.262 e. The molecule has 0 saturated carbocycles. The molecule has 7 heteroatoms. The summed E-state index contributed by atoms with van der Waals surface area (Å²) >= 11 is 0. The largest absolute Gasteiger partial charge is 0.482 e. The van der Waals surface area contributed by atoms with Gasteiger partial charge in [0.1, 0.15) is 11.6 Å². The topological polar surface area (TPSA) is 85.2 Å². The summed E-state index contributed by atoms with van der Waals surface area (Å²) in [5, 5.41) is 5.73. The summed E-state index contributed by atoms with van der Waals surface area (Å²) in [5.41, 5.74) is 3.37. The lowest BCUT2D eigenvalue weighted by Gasteiger charge is -2.25. The zero-order valence-electron chi connectivity index (χ0n) is 15.7. The molecule has 3 heterocycles. The molecule has 29 heavy (non-hydrogen) atoms. The van der Waals surface area contributed by atoms with E-state index in [1.54, 1.807) is 18.2 Å². The molecule has 2 N–H and O–H groups in total. The van der Waals surface area contributed by atoms with Crippen molar-refractivity contribution < 1.29 is 14.3 Å². The van der Waals surface area contributed by atoms with Crippen LogP contribution in [0.2, 0.25) is 0 Å². The Labute approximate surface area is 167 Å². The molecule has 2 aliphatic rings. The van der Waals surface area contributed by atoms with Gasteiger partial charge in [0.15, 0.2) is 6.61 Å². The van der Waals surface area contributed by atoms with Gasteiger partial charge in [-0.2, -0.15) is 0 Å². The molecule has 5 rings (SSSR count). The van der Waals surface area contributed by atoms with Gasteiger partial charge in [-0.1, -0.05) is 30.3 Å². The van der Waals surface area contributed by atoms with Crippen molar-refractivity contribution in [3.8, 4) is 17.1 Å². The Morgan fingerprint density at radius 1 is 1.21 bits per heavy atom. The van der Waals surface area contributed by atoms with E-state index in [9.17, 15) is 9.59 Å². The van der Waals surface area contributed by atoms with Gasteiger partial charge in [-0.05, 0) is 24.6 Å². The lowest BCUT2D eigenvalue weighted by atomic mass is 9.95. The van der Waals surface area contributed by atoms with Crippen LogP contribution in [0.1, 0.15) is 12.1 Å². The Hall–Kier alpha value is -3.61. The Balaban J connectivity index is 1.30. The van der Waals surface area contributed by atoms with Gasteiger partial charge in [-0.25, -0.2) is 4.98 Å². The molecule has 0 bridgehead atoms. The number of carbonyl (C=O) groups excluding carboxylic acids is 2. The molecular weight excluding hydrogens is 368 g/mol. The van der Waals surface area contributed by atoms with E-state index in [1.165, 1.54) is 0 Å². The second-order valence-corrected chi connectivity index (χ2v) is 7.32. The highest BCUT2D eigenvalue weighted by Crippen LogP contribution is 2.32. The van der Waals surface area contributed by atoms with Crippen molar-refractivity contribution in [1.29, 1.82) is 0 Å². The minimum absolute atomic E-state index is 0.0133. The van der Waals surface area contributed by atoms with Crippen LogP contribution in [0.3, 0.4) is 0 Å². The molecule has 0 saturated heterocycles. The van der Waals surface area contributed by atoms with Crippen molar-refractivity contribution in [3.05, 3.63) is 60.4 Å². The van der Waals surface area contributed by atoms with Crippen LogP contribution in [0.25, 0.3) is 11.4 Å². The number of amides is 2. The highest BCUT2D eigenvalue weighted by molar-refractivity contribution is 5.98. The summed E-state index contributed by atoms with van der Waals surface area (Å²) < 4.78 is 7.55. The molecule has 1 atom stereocenters. The molecule has 2 aliphatic heterocycles. The van der Waals surface area contributed by atoms with Crippen molar-refractivity contribution in [2.24, 2.45) is 5.92 Å². The molecule has 0 aliphatic carbocycles. The Morgan fingerprint density at radius 2 is 2.07 bits per heavy atom. The first-order chi connectivity index (χ1) is 14.2. The van der Waals surface area contributed by atoms with Gasteiger partial charge in [0.25, 0.3) is 5.91 Å². The fourth-order valence-electron chi connectivity index (χ4n) is 3.91. The third-order valence-corrected chi connectivity index (χ3v) is 5.38. The normalized spacial score (nSPS) is 17.5. The average Bonchev–Trinajstić information content (AvgIpc) is 3.17. The van der Waals surface area contributed by atoms with Crippen LogP contribution < -0.4 is 15.4 Å². The van der Waals surface area contributed by atoms with Gasteiger partial charge in [0.05, 0.1) is 5.69 Å². The van der Waals surface area contributed by atoms with E-state index in [-0.39, 0.29) is 24.3 Å². The number of ether oxygens (including phenoxy) is 1. The third-order valence-electron chi connectivity index (χ3n) is 5.38. The summed E-state index contributed by atoms with van der Waals surface area (Å²) in [5.74, 6) is 1.21. The average molecular weight is 388 g/mol. The van der Waals surface area contributed by atoms with Gasteiger partial charge >= 0.3 is 0 Å². The van der Waals surface area contributed by atoms with Crippen LogP contribution in [0.5, 0.6) is 5.75 Å². The third kappa shape index (κ3) is 3.35. The van der Waals surface area contributed by atoms with Gasteiger partial charge in [0.2, 0.25) is 5.91 Å². The molecule has 0 unspecified atom stereocenters. The highest BCUT2D eigenvalue weighted by Gasteiger charge is 2.27. The number of hydrogen-bond acceptors (Lipinski definition) is 4. The SMILES string of the molecule is O=C1COc2ccc(NC(=O)[C@H]3CCn4c(cnc4-c4ccccc4)C3)cc2N1. The van der Waals surface area contributed by atoms with Crippen LogP contribution in [0.15, 0.2) is 54.7 Å². The minimum Gasteiger partial charge on any atom is -0.482 e. The van der Waals surface area contributed by atoms with E-state index in [4.69, 9.17) is 4.74 Å². The lowest BCUT2D eigenvalue weighted by molar-refractivity contribution is -0.120. The van der Waals surface area contributed by atoms with E-state index in [0.29, 0.717) is 23.5 Å². The number of hydrogen-bond donors (Lipinski definition) is 2. The molecule has 3 aromatic rings. The quantitative estimate of drug-likeness (QED) is 0.722. The second kappa shape index (κ2) is 7.09. The molecule has 146 valence electrons. The monoisotopic (exact) mass is 388 g/mol. The number of fused-ring (bicyclic) bond motifs is 2. The van der Waals surface area contributed by atoms with Gasteiger partial charge < -0.3 is 19.9 Å². The fraction of sp³-hybridized carbons (Fsp3) is 0.227.